The molecular formula is C23H24N2O3S. The summed E-state index contributed by atoms with van der Waals surface area (Å²) < 4.78 is 11.6. The standard InChI is InChI=1S/C23H24N2O3S/c1-16-13-25(14-17(2)28-16)23-24-22(26)21(29-23)12-18-8-10-20(11-9-18)27-15-19-6-4-3-5-7-19/h3-12,16-17H,13-15H2,1-2H3/b21-12-/t16-,17+. The number of aliphatic imine (C=N–C) groups is 1. The molecular weight excluding hydrogens is 384 g/mol. The van der Waals surface area contributed by atoms with Gasteiger partial charge in [-0.15, -0.1) is 0 Å². The molecule has 0 unspecified atom stereocenters. The van der Waals surface area contributed by atoms with Crippen LogP contribution in [0, 0.1) is 0 Å². The van der Waals surface area contributed by atoms with E-state index < -0.39 is 0 Å². The van der Waals surface area contributed by atoms with E-state index in [0.717, 1.165) is 35.1 Å². The number of ether oxygens (including phenoxy) is 2. The summed E-state index contributed by atoms with van der Waals surface area (Å²) in [5.74, 6) is 0.621. The van der Waals surface area contributed by atoms with E-state index in [-0.39, 0.29) is 18.1 Å². The van der Waals surface area contributed by atoms with Gasteiger partial charge in [-0.1, -0.05) is 42.5 Å². The van der Waals surface area contributed by atoms with Crippen LogP contribution in [0.4, 0.5) is 0 Å². The van der Waals surface area contributed by atoms with Crippen LogP contribution in [0.25, 0.3) is 6.08 Å². The lowest BCUT2D eigenvalue weighted by Gasteiger charge is -2.35. The molecule has 0 saturated carbocycles. The molecule has 1 saturated heterocycles. The third-order valence-electron chi connectivity index (χ3n) is 4.73. The number of amides is 1. The third-order valence-corrected chi connectivity index (χ3v) is 5.77. The van der Waals surface area contributed by atoms with Gasteiger partial charge in [-0.2, -0.15) is 4.99 Å². The molecule has 0 radical (unpaired) electrons. The highest BCUT2D eigenvalue weighted by molar-refractivity contribution is 8.18. The molecule has 0 aliphatic carbocycles. The number of thioether (sulfide) groups is 1. The van der Waals surface area contributed by atoms with Gasteiger partial charge in [0, 0.05) is 13.1 Å². The van der Waals surface area contributed by atoms with Crippen LogP contribution in [0.15, 0.2) is 64.5 Å². The van der Waals surface area contributed by atoms with Gasteiger partial charge in [0.15, 0.2) is 5.17 Å². The molecule has 1 fully saturated rings. The molecule has 0 aromatic heterocycles. The van der Waals surface area contributed by atoms with Crippen molar-refractivity contribution >= 4 is 28.9 Å². The van der Waals surface area contributed by atoms with Gasteiger partial charge in [-0.3, -0.25) is 4.79 Å². The normalized spacial score (nSPS) is 23.4. The Balaban J connectivity index is 1.37. The lowest BCUT2D eigenvalue weighted by molar-refractivity contribution is -0.113. The SMILES string of the molecule is C[C@@H]1CN(C2=NC(=O)/C(=C/c3ccc(OCc4ccccc4)cc3)S2)C[C@H](C)O1. The van der Waals surface area contributed by atoms with Crippen molar-refractivity contribution in [3.8, 4) is 5.75 Å². The topological polar surface area (TPSA) is 51.1 Å². The first-order valence-electron chi connectivity index (χ1n) is 9.76. The Hall–Kier alpha value is -2.57. The number of hydrogen-bond donors (Lipinski definition) is 0. The van der Waals surface area contributed by atoms with Crippen molar-refractivity contribution in [2.75, 3.05) is 13.1 Å². The summed E-state index contributed by atoms with van der Waals surface area (Å²) in [6, 6.07) is 17.8. The molecule has 2 aliphatic rings. The van der Waals surface area contributed by atoms with Crippen molar-refractivity contribution in [2.24, 2.45) is 4.99 Å². The van der Waals surface area contributed by atoms with Gasteiger partial charge < -0.3 is 14.4 Å². The predicted molar refractivity (Wildman–Crippen MR) is 117 cm³/mol. The zero-order chi connectivity index (χ0) is 20.2. The number of benzene rings is 2. The molecule has 4 rings (SSSR count). The van der Waals surface area contributed by atoms with E-state index in [4.69, 9.17) is 9.47 Å². The number of amidine groups is 1. The molecule has 2 atom stereocenters. The second kappa shape index (κ2) is 8.84. The number of carbonyl (C=O) groups is 1. The largest absolute Gasteiger partial charge is 0.489 e. The van der Waals surface area contributed by atoms with Crippen molar-refractivity contribution in [3.05, 3.63) is 70.6 Å². The number of hydrogen-bond acceptors (Lipinski definition) is 5. The van der Waals surface area contributed by atoms with Crippen molar-refractivity contribution in [2.45, 2.75) is 32.7 Å². The van der Waals surface area contributed by atoms with E-state index in [1.165, 1.54) is 11.8 Å². The lowest BCUT2D eigenvalue weighted by atomic mass is 10.2. The van der Waals surface area contributed by atoms with Crippen LogP contribution in [0.5, 0.6) is 5.75 Å². The number of rotatable bonds is 4. The smallest absolute Gasteiger partial charge is 0.286 e. The second-order valence-electron chi connectivity index (χ2n) is 7.32. The minimum atomic E-state index is -0.179. The fraction of sp³-hybridized carbons (Fsp3) is 0.304. The van der Waals surface area contributed by atoms with Crippen LogP contribution in [-0.4, -0.2) is 41.3 Å². The van der Waals surface area contributed by atoms with Crippen LogP contribution in [0.1, 0.15) is 25.0 Å². The zero-order valence-corrected chi connectivity index (χ0v) is 17.4. The summed E-state index contributed by atoms with van der Waals surface area (Å²) in [5, 5.41) is 0.770. The van der Waals surface area contributed by atoms with E-state index >= 15 is 0 Å². The highest BCUT2D eigenvalue weighted by Gasteiger charge is 2.30. The van der Waals surface area contributed by atoms with Gasteiger partial charge in [-0.05, 0) is 54.9 Å². The Morgan fingerprint density at radius 1 is 1.10 bits per heavy atom. The van der Waals surface area contributed by atoms with Crippen LogP contribution in [-0.2, 0) is 16.1 Å². The lowest BCUT2D eigenvalue weighted by Crippen LogP contribution is -2.47. The maximum absolute atomic E-state index is 12.4. The maximum atomic E-state index is 12.4. The van der Waals surface area contributed by atoms with E-state index in [1.54, 1.807) is 0 Å². The van der Waals surface area contributed by atoms with Crippen molar-refractivity contribution in [3.63, 3.8) is 0 Å². The summed E-state index contributed by atoms with van der Waals surface area (Å²) in [4.78, 5) is 19.4. The molecule has 0 N–H and O–H groups in total. The predicted octanol–water partition coefficient (Wildman–Crippen LogP) is 4.35. The van der Waals surface area contributed by atoms with Gasteiger partial charge in [-0.25, -0.2) is 0 Å². The Morgan fingerprint density at radius 3 is 2.48 bits per heavy atom. The van der Waals surface area contributed by atoms with Gasteiger partial charge in [0.2, 0.25) is 0 Å². The first-order chi connectivity index (χ1) is 14.1. The van der Waals surface area contributed by atoms with Crippen molar-refractivity contribution in [1.82, 2.24) is 4.90 Å². The van der Waals surface area contributed by atoms with Gasteiger partial charge in [0.05, 0.1) is 17.1 Å². The average molecular weight is 409 g/mol. The molecule has 2 heterocycles. The molecule has 150 valence electrons. The number of nitrogens with zero attached hydrogens (tertiary/aromatic N) is 2. The summed E-state index contributed by atoms with van der Waals surface area (Å²) >= 11 is 1.44. The van der Waals surface area contributed by atoms with E-state index in [2.05, 4.69) is 9.89 Å². The van der Waals surface area contributed by atoms with Crippen molar-refractivity contribution < 1.29 is 14.3 Å². The van der Waals surface area contributed by atoms with Crippen LogP contribution in [0.3, 0.4) is 0 Å². The zero-order valence-electron chi connectivity index (χ0n) is 16.6. The maximum Gasteiger partial charge on any atom is 0.286 e. The Morgan fingerprint density at radius 2 is 1.79 bits per heavy atom. The van der Waals surface area contributed by atoms with E-state index in [1.807, 2.05) is 74.5 Å². The van der Waals surface area contributed by atoms with Crippen molar-refractivity contribution in [1.29, 1.82) is 0 Å². The molecule has 0 spiro atoms. The Labute approximate surface area is 175 Å². The monoisotopic (exact) mass is 408 g/mol. The van der Waals surface area contributed by atoms with Crippen LogP contribution in [0.2, 0.25) is 0 Å². The van der Waals surface area contributed by atoms with Gasteiger partial charge in [0.25, 0.3) is 5.91 Å². The third kappa shape index (κ3) is 5.08. The van der Waals surface area contributed by atoms with Crippen LogP contribution < -0.4 is 4.74 Å². The van der Waals surface area contributed by atoms with E-state index in [9.17, 15) is 4.79 Å². The highest BCUT2D eigenvalue weighted by Crippen LogP contribution is 2.31. The Kier molecular flexibility index (Phi) is 6.02. The molecule has 5 nitrogen and oxygen atoms in total. The minimum absolute atomic E-state index is 0.133. The molecule has 2 aromatic carbocycles. The average Bonchev–Trinajstić information content (AvgIpc) is 3.08. The molecule has 2 aromatic rings. The summed E-state index contributed by atoms with van der Waals surface area (Å²) in [5.41, 5.74) is 2.08. The number of carbonyl (C=O) groups excluding carboxylic acids is 1. The second-order valence-corrected chi connectivity index (χ2v) is 8.32. The fourth-order valence-corrected chi connectivity index (χ4v) is 4.35. The Bertz CT molecular complexity index is 915. The minimum Gasteiger partial charge on any atom is -0.489 e. The molecule has 6 heteroatoms. The molecule has 0 bridgehead atoms. The molecule has 1 amide bonds. The highest BCUT2D eigenvalue weighted by atomic mass is 32.2. The number of morpholine rings is 1. The quantitative estimate of drug-likeness (QED) is 0.704. The molecule has 29 heavy (non-hydrogen) atoms. The van der Waals surface area contributed by atoms with Crippen LogP contribution >= 0.6 is 11.8 Å². The molecule has 2 aliphatic heterocycles. The fourth-order valence-electron chi connectivity index (χ4n) is 3.42. The first kappa shape index (κ1) is 19.7. The first-order valence-corrected chi connectivity index (χ1v) is 10.6. The summed E-state index contributed by atoms with van der Waals surface area (Å²) in [7, 11) is 0. The van der Waals surface area contributed by atoms with Gasteiger partial charge in [0.1, 0.15) is 12.4 Å². The van der Waals surface area contributed by atoms with Gasteiger partial charge >= 0.3 is 0 Å². The van der Waals surface area contributed by atoms with E-state index in [0.29, 0.717) is 11.5 Å². The summed E-state index contributed by atoms with van der Waals surface area (Å²) in [6.07, 6.45) is 2.15. The summed E-state index contributed by atoms with van der Waals surface area (Å²) in [6.45, 7) is 6.13.